The van der Waals surface area contributed by atoms with E-state index in [-0.39, 0.29) is 17.6 Å². The molecule has 0 radical (unpaired) electrons. The number of hydrogen-bond donors (Lipinski definition) is 1. The molecule has 1 unspecified atom stereocenters. The van der Waals surface area contributed by atoms with Crippen molar-refractivity contribution in [2.45, 2.75) is 38.8 Å². The van der Waals surface area contributed by atoms with Crippen molar-refractivity contribution in [2.75, 3.05) is 13.1 Å². The maximum Gasteiger partial charge on any atom is 0.281 e. The van der Waals surface area contributed by atoms with E-state index in [0.717, 1.165) is 36.0 Å². The van der Waals surface area contributed by atoms with Gasteiger partial charge in [-0.3, -0.25) is 14.5 Å². The van der Waals surface area contributed by atoms with Gasteiger partial charge in [-0.1, -0.05) is 31.5 Å². The van der Waals surface area contributed by atoms with Crippen molar-refractivity contribution in [1.82, 2.24) is 20.0 Å². The first kappa shape index (κ1) is 20.8. The van der Waals surface area contributed by atoms with Crippen LogP contribution in [0.4, 0.5) is 0 Å². The number of amides is 1. The second-order valence-corrected chi connectivity index (χ2v) is 9.19. The third kappa shape index (κ3) is 3.82. The summed E-state index contributed by atoms with van der Waals surface area (Å²) in [4.78, 5) is 28.2. The van der Waals surface area contributed by atoms with Crippen LogP contribution >= 0.6 is 11.3 Å². The Bertz CT molecular complexity index is 1270. The molecule has 5 rings (SSSR count). The fraction of sp³-hybridized carbons (Fsp3) is 0.320. The molecule has 2 aromatic carbocycles. The lowest BCUT2D eigenvalue weighted by Crippen LogP contribution is -2.46. The highest BCUT2D eigenvalue weighted by Crippen LogP contribution is 2.30. The monoisotopic (exact) mass is 446 g/mol. The van der Waals surface area contributed by atoms with Crippen molar-refractivity contribution in [2.24, 2.45) is 0 Å². The molecule has 32 heavy (non-hydrogen) atoms. The van der Waals surface area contributed by atoms with Gasteiger partial charge in [-0.2, -0.15) is 9.78 Å². The van der Waals surface area contributed by atoms with Crippen molar-refractivity contribution >= 4 is 27.3 Å². The number of rotatable bonds is 6. The van der Waals surface area contributed by atoms with Crippen LogP contribution in [0, 0.1) is 0 Å². The SMILES string of the molecule is CCCC(NC(=O)c1ccc(-n2nc3c4ccccc4scc-3c2=O)cc1)N1CCCC1. The average Bonchev–Trinajstić information content (AvgIpc) is 3.47. The van der Waals surface area contributed by atoms with Crippen LogP contribution in [0.25, 0.3) is 27.0 Å². The highest BCUT2D eigenvalue weighted by molar-refractivity contribution is 7.17. The number of carbonyl (C=O) groups excluding carboxylic acids is 1. The van der Waals surface area contributed by atoms with Gasteiger partial charge in [-0.05, 0) is 49.6 Å². The van der Waals surface area contributed by atoms with E-state index in [0.29, 0.717) is 22.5 Å². The predicted octanol–water partition coefficient (Wildman–Crippen LogP) is 4.50. The van der Waals surface area contributed by atoms with Crippen LogP contribution in [0.15, 0.2) is 58.7 Å². The summed E-state index contributed by atoms with van der Waals surface area (Å²) in [5.41, 5.74) is 2.42. The number of hydrogen-bond acceptors (Lipinski definition) is 5. The van der Waals surface area contributed by atoms with Crippen LogP contribution in [0.5, 0.6) is 0 Å². The highest BCUT2D eigenvalue weighted by atomic mass is 32.1. The normalized spacial score (nSPS) is 15.4. The quantitative estimate of drug-likeness (QED) is 0.473. The maximum atomic E-state index is 13.0. The summed E-state index contributed by atoms with van der Waals surface area (Å²) in [6.45, 7) is 4.22. The molecule has 2 aromatic rings. The third-order valence-electron chi connectivity index (χ3n) is 6.14. The second kappa shape index (κ2) is 8.84. The van der Waals surface area contributed by atoms with Gasteiger partial charge in [0.1, 0.15) is 5.69 Å². The van der Waals surface area contributed by atoms with Crippen molar-refractivity contribution in [3.8, 4) is 16.9 Å². The Morgan fingerprint density at radius 1 is 1.12 bits per heavy atom. The Hall–Kier alpha value is -3.03. The second-order valence-electron chi connectivity index (χ2n) is 8.28. The highest BCUT2D eigenvalue weighted by Gasteiger charge is 2.23. The average molecular weight is 447 g/mol. The predicted molar refractivity (Wildman–Crippen MR) is 129 cm³/mol. The van der Waals surface area contributed by atoms with E-state index < -0.39 is 0 Å². The van der Waals surface area contributed by atoms with Gasteiger partial charge in [-0.25, -0.2) is 0 Å². The largest absolute Gasteiger partial charge is 0.336 e. The van der Waals surface area contributed by atoms with Gasteiger partial charge in [-0.15, -0.1) is 11.3 Å². The molecule has 0 spiro atoms. The minimum atomic E-state index is -0.142. The lowest BCUT2D eigenvalue weighted by atomic mass is 10.1. The number of benzene rings is 2. The number of fused-ring (bicyclic) bond motifs is 3. The van der Waals surface area contributed by atoms with E-state index in [1.54, 1.807) is 35.6 Å². The molecular formula is C25H26N4O2S. The van der Waals surface area contributed by atoms with Crippen molar-refractivity contribution in [3.05, 3.63) is 69.8 Å². The van der Waals surface area contributed by atoms with Gasteiger partial charge in [0, 0.05) is 34.1 Å². The van der Waals surface area contributed by atoms with E-state index >= 15 is 0 Å². The lowest BCUT2D eigenvalue weighted by Gasteiger charge is -2.28. The van der Waals surface area contributed by atoms with Gasteiger partial charge in [0.05, 0.1) is 17.4 Å². The molecule has 7 heteroatoms. The number of carbonyl (C=O) groups is 1. The molecule has 0 aliphatic carbocycles. The fourth-order valence-electron chi connectivity index (χ4n) is 4.44. The zero-order valence-corrected chi connectivity index (χ0v) is 18.9. The summed E-state index contributed by atoms with van der Waals surface area (Å²) in [6.07, 6.45) is 4.43. The minimum Gasteiger partial charge on any atom is -0.336 e. The molecule has 6 nitrogen and oxygen atoms in total. The molecular weight excluding hydrogens is 420 g/mol. The first-order valence-corrected chi connectivity index (χ1v) is 12.1. The minimum absolute atomic E-state index is 0.0777. The van der Waals surface area contributed by atoms with Gasteiger partial charge >= 0.3 is 0 Å². The summed E-state index contributed by atoms with van der Waals surface area (Å²) in [5.74, 6) is -0.0809. The fourth-order valence-corrected chi connectivity index (χ4v) is 5.35. The van der Waals surface area contributed by atoms with Crippen LogP contribution in [0.1, 0.15) is 43.0 Å². The topological polar surface area (TPSA) is 67.2 Å². The van der Waals surface area contributed by atoms with Gasteiger partial charge < -0.3 is 5.32 Å². The molecule has 1 saturated heterocycles. The van der Waals surface area contributed by atoms with Gasteiger partial charge in [0.15, 0.2) is 0 Å². The van der Waals surface area contributed by atoms with Crippen LogP contribution in [0.3, 0.4) is 0 Å². The smallest absolute Gasteiger partial charge is 0.281 e. The Morgan fingerprint density at radius 3 is 2.62 bits per heavy atom. The molecule has 1 fully saturated rings. The summed E-state index contributed by atoms with van der Waals surface area (Å²) in [6, 6.07) is 15.1. The van der Waals surface area contributed by atoms with Crippen LogP contribution in [-0.2, 0) is 0 Å². The van der Waals surface area contributed by atoms with E-state index in [4.69, 9.17) is 0 Å². The standard InChI is InChI=1S/C25H26N4O2S/c1-2-7-22(28-14-5-6-15-28)26-24(30)17-10-12-18(13-11-17)29-25(31)20-16-32-21-9-4-3-8-19(21)23(20)27-29/h3-4,8-13,16,22H,2,5-7,14-15H2,1H3,(H,26,30). The Kier molecular flexibility index (Phi) is 5.76. The van der Waals surface area contributed by atoms with Crippen LogP contribution in [-0.4, -0.2) is 39.8 Å². The Labute approximate surface area is 190 Å². The van der Waals surface area contributed by atoms with Gasteiger partial charge in [0.25, 0.3) is 11.5 Å². The molecule has 164 valence electrons. The van der Waals surface area contributed by atoms with Crippen LogP contribution in [0.2, 0.25) is 0 Å². The molecule has 0 saturated carbocycles. The van der Waals surface area contributed by atoms with E-state index in [9.17, 15) is 9.59 Å². The molecule has 3 aliphatic heterocycles. The molecule has 0 aromatic heterocycles. The van der Waals surface area contributed by atoms with E-state index in [1.165, 1.54) is 17.5 Å². The Morgan fingerprint density at radius 2 is 1.88 bits per heavy atom. The number of nitrogens with zero attached hydrogens (tertiary/aromatic N) is 3. The molecule has 3 heterocycles. The van der Waals surface area contributed by atoms with Crippen molar-refractivity contribution in [1.29, 1.82) is 0 Å². The Balaban J connectivity index is 1.41. The number of aromatic nitrogens is 2. The molecule has 1 amide bonds. The first-order chi connectivity index (χ1) is 15.7. The molecule has 3 aliphatic rings. The number of nitrogens with one attached hydrogen (secondary N) is 1. The van der Waals surface area contributed by atoms with E-state index in [1.807, 2.05) is 29.6 Å². The molecule has 1 N–H and O–H groups in total. The summed E-state index contributed by atoms with van der Waals surface area (Å²) < 4.78 is 2.52. The zero-order valence-electron chi connectivity index (χ0n) is 18.1. The third-order valence-corrected chi connectivity index (χ3v) is 7.10. The lowest BCUT2D eigenvalue weighted by molar-refractivity contribution is 0.0863. The summed E-state index contributed by atoms with van der Waals surface area (Å²) in [5, 5.41) is 10.7. The van der Waals surface area contributed by atoms with E-state index in [2.05, 4.69) is 22.2 Å². The van der Waals surface area contributed by atoms with Gasteiger partial charge in [0.2, 0.25) is 0 Å². The summed E-state index contributed by atoms with van der Waals surface area (Å²) >= 11 is 1.55. The maximum absolute atomic E-state index is 13.0. The summed E-state index contributed by atoms with van der Waals surface area (Å²) in [7, 11) is 0. The van der Waals surface area contributed by atoms with Crippen molar-refractivity contribution in [3.63, 3.8) is 0 Å². The molecule has 0 bridgehead atoms. The van der Waals surface area contributed by atoms with Crippen molar-refractivity contribution < 1.29 is 4.79 Å². The first-order valence-electron chi connectivity index (χ1n) is 11.2. The molecule has 1 atom stereocenters. The number of likely N-dealkylation sites (tertiary alicyclic amines) is 1. The zero-order chi connectivity index (χ0) is 22.1. The van der Waals surface area contributed by atoms with Crippen LogP contribution < -0.4 is 10.9 Å².